The second kappa shape index (κ2) is 9.88. The molecule has 0 saturated heterocycles. The Morgan fingerprint density at radius 2 is 1.82 bits per heavy atom. The van der Waals surface area contributed by atoms with E-state index in [-0.39, 0.29) is 0 Å². The maximum Gasteiger partial charge on any atom is 0.146 e. The lowest BCUT2D eigenvalue weighted by atomic mass is 10.3. The van der Waals surface area contributed by atoms with E-state index in [0.29, 0.717) is 6.79 Å². The van der Waals surface area contributed by atoms with E-state index in [4.69, 9.17) is 15.2 Å². The number of unbranched alkanes of at least 4 members (excludes halogenated alkanes) is 1. The summed E-state index contributed by atoms with van der Waals surface area (Å²) in [6, 6.07) is 0. The molecule has 0 heterocycles. The van der Waals surface area contributed by atoms with Gasteiger partial charge in [0.2, 0.25) is 0 Å². The molecule has 0 spiro atoms. The van der Waals surface area contributed by atoms with Crippen LogP contribution in [0.25, 0.3) is 0 Å². The lowest BCUT2D eigenvalue weighted by Gasteiger charge is -2.03. The molecule has 0 saturated carbocycles. The fraction of sp³-hybridized carbons (Fsp3) is 1.00. The molecule has 11 heavy (non-hydrogen) atoms. The van der Waals surface area contributed by atoms with E-state index < -0.39 is 0 Å². The van der Waals surface area contributed by atoms with Gasteiger partial charge in [0.05, 0.1) is 0 Å². The third-order valence-electron chi connectivity index (χ3n) is 1.26. The summed E-state index contributed by atoms with van der Waals surface area (Å²) in [5, 5.41) is 0. The molecular formula is C8H19NO2. The van der Waals surface area contributed by atoms with Gasteiger partial charge in [-0.15, -0.1) is 0 Å². The predicted molar refractivity (Wildman–Crippen MR) is 45.4 cm³/mol. The van der Waals surface area contributed by atoms with Crippen LogP contribution in [-0.2, 0) is 9.47 Å². The molecule has 0 bridgehead atoms. The first kappa shape index (κ1) is 10.9. The molecule has 0 amide bonds. The molecule has 3 nitrogen and oxygen atoms in total. The van der Waals surface area contributed by atoms with E-state index in [0.717, 1.165) is 39.0 Å². The standard InChI is InChI=1S/C8H19NO2/c1-2-6-10-8-11-7-4-3-5-9/h2-9H2,1H3. The van der Waals surface area contributed by atoms with Gasteiger partial charge >= 0.3 is 0 Å². The highest BCUT2D eigenvalue weighted by atomic mass is 16.7. The monoisotopic (exact) mass is 161 g/mol. The molecule has 2 N–H and O–H groups in total. The van der Waals surface area contributed by atoms with Crippen molar-refractivity contribution in [2.24, 2.45) is 5.73 Å². The Balaban J connectivity index is 2.69. The molecule has 0 rings (SSSR count). The van der Waals surface area contributed by atoms with Crippen molar-refractivity contribution in [3.8, 4) is 0 Å². The Morgan fingerprint density at radius 3 is 2.45 bits per heavy atom. The number of hydrogen-bond donors (Lipinski definition) is 1. The Morgan fingerprint density at radius 1 is 1.09 bits per heavy atom. The maximum atomic E-state index is 5.30. The van der Waals surface area contributed by atoms with Crippen LogP contribution in [0.1, 0.15) is 26.2 Å². The van der Waals surface area contributed by atoms with Crippen LogP contribution in [0.3, 0.4) is 0 Å². The minimum atomic E-state index is 0.429. The lowest BCUT2D eigenvalue weighted by Crippen LogP contribution is -2.04. The predicted octanol–water partition coefficient (Wildman–Crippen LogP) is 1.13. The minimum absolute atomic E-state index is 0.429. The fourth-order valence-corrected chi connectivity index (χ4v) is 0.670. The molecule has 0 radical (unpaired) electrons. The van der Waals surface area contributed by atoms with Crippen molar-refractivity contribution in [2.45, 2.75) is 26.2 Å². The van der Waals surface area contributed by atoms with Gasteiger partial charge in [-0.05, 0) is 25.8 Å². The summed E-state index contributed by atoms with van der Waals surface area (Å²) in [5.41, 5.74) is 5.30. The van der Waals surface area contributed by atoms with Gasteiger partial charge in [-0.2, -0.15) is 0 Å². The van der Waals surface area contributed by atoms with Gasteiger partial charge in [0.1, 0.15) is 6.79 Å². The van der Waals surface area contributed by atoms with E-state index in [2.05, 4.69) is 6.92 Å². The van der Waals surface area contributed by atoms with Crippen molar-refractivity contribution in [2.75, 3.05) is 26.6 Å². The normalized spacial score (nSPS) is 10.4. The van der Waals surface area contributed by atoms with E-state index in [1.54, 1.807) is 0 Å². The highest BCUT2D eigenvalue weighted by molar-refractivity contribution is 4.37. The number of rotatable bonds is 8. The molecule has 0 aromatic heterocycles. The molecule has 0 aliphatic rings. The van der Waals surface area contributed by atoms with E-state index in [9.17, 15) is 0 Å². The zero-order valence-corrected chi connectivity index (χ0v) is 7.34. The van der Waals surface area contributed by atoms with Crippen molar-refractivity contribution >= 4 is 0 Å². The fourth-order valence-electron chi connectivity index (χ4n) is 0.670. The third-order valence-corrected chi connectivity index (χ3v) is 1.26. The Hall–Kier alpha value is -0.120. The minimum Gasteiger partial charge on any atom is -0.355 e. The summed E-state index contributed by atoms with van der Waals surface area (Å²) in [5.74, 6) is 0. The molecule has 0 aromatic carbocycles. The summed E-state index contributed by atoms with van der Waals surface area (Å²) in [6.07, 6.45) is 3.12. The first-order valence-electron chi connectivity index (χ1n) is 4.27. The molecule has 68 valence electrons. The van der Waals surface area contributed by atoms with Crippen LogP contribution in [0.15, 0.2) is 0 Å². The molecule has 0 fully saturated rings. The molecule has 0 aliphatic carbocycles. The summed E-state index contributed by atoms with van der Waals surface area (Å²) in [6.45, 7) is 4.81. The Labute approximate surface area is 68.9 Å². The second-order valence-electron chi connectivity index (χ2n) is 2.43. The largest absolute Gasteiger partial charge is 0.355 e. The van der Waals surface area contributed by atoms with Crippen LogP contribution in [0.5, 0.6) is 0 Å². The van der Waals surface area contributed by atoms with E-state index in [1.807, 2.05) is 0 Å². The van der Waals surface area contributed by atoms with Crippen molar-refractivity contribution in [1.29, 1.82) is 0 Å². The van der Waals surface area contributed by atoms with Crippen LogP contribution in [0, 0.1) is 0 Å². The maximum absolute atomic E-state index is 5.30. The number of hydrogen-bond acceptors (Lipinski definition) is 3. The average Bonchev–Trinajstić information content (AvgIpc) is 2.03. The first-order chi connectivity index (χ1) is 5.41. The summed E-state index contributed by atoms with van der Waals surface area (Å²) in [4.78, 5) is 0. The van der Waals surface area contributed by atoms with Gasteiger partial charge in [-0.1, -0.05) is 6.92 Å². The second-order valence-corrected chi connectivity index (χ2v) is 2.43. The van der Waals surface area contributed by atoms with E-state index >= 15 is 0 Å². The van der Waals surface area contributed by atoms with Crippen molar-refractivity contribution in [3.63, 3.8) is 0 Å². The molecule has 0 aromatic rings. The van der Waals surface area contributed by atoms with Crippen LogP contribution in [0.4, 0.5) is 0 Å². The Kier molecular flexibility index (Phi) is 9.77. The van der Waals surface area contributed by atoms with Crippen LogP contribution in [0.2, 0.25) is 0 Å². The van der Waals surface area contributed by atoms with Gasteiger partial charge < -0.3 is 15.2 Å². The van der Waals surface area contributed by atoms with Crippen LogP contribution < -0.4 is 5.73 Å². The number of ether oxygens (including phenoxy) is 2. The SMILES string of the molecule is CCCOCOCCCCN. The highest BCUT2D eigenvalue weighted by Crippen LogP contribution is 1.88. The molecule has 0 atom stereocenters. The van der Waals surface area contributed by atoms with Gasteiger partial charge in [0, 0.05) is 13.2 Å². The van der Waals surface area contributed by atoms with Crippen LogP contribution >= 0.6 is 0 Å². The van der Waals surface area contributed by atoms with Gasteiger partial charge in [-0.3, -0.25) is 0 Å². The zero-order valence-electron chi connectivity index (χ0n) is 7.34. The molecule has 3 heteroatoms. The third kappa shape index (κ3) is 9.88. The Bertz CT molecular complexity index is 61.1. The van der Waals surface area contributed by atoms with Crippen molar-refractivity contribution in [1.82, 2.24) is 0 Å². The topological polar surface area (TPSA) is 44.5 Å². The smallest absolute Gasteiger partial charge is 0.146 e. The molecular weight excluding hydrogens is 142 g/mol. The van der Waals surface area contributed by atoms with Crippen molar-refractivity contribution < 1.29 is 9.47 Å². The summed E-state index contributed by atoms with van der Waals surface area (Å²) < 4.78 is 10.3. The van der Waals surface area contributed by atoms with Gasteiger partial charge in [0.25, 0.3) is 0 Å². The van der Waals surface area contributed by atoms with E-state index in [1.165, 1.54) is 0 Å². The highest BCUT2D eigenvalue weighted by Gasteiger charge is 1.87. The van der Waals surface area contributed by atoms with Crippen molar-refractivity contribution in [3.05, 3.63) is 0 Å². The number of nitrogens with two attached hydrogens (primary N) is 1. The molecule has 0 aliphatic heterocycles. The molecule has 0 unspecified atom stereocenters. The zero-order chi connectivity index (χ0) is 8.36. The van der Waals surface area contributed by atoms with Gasteiger partial charge in [0.15, 0.2) is 0 Å². The lowest BCUT2D eigenvalue weighted by molar-refractivity contribution is -0.0541. The first-order valence-corrected chi connectivity index (χ1v) is 4.27. The summed E-state index contributed by atoms with van der Waals surface area (Å²) in [7, 11) is 0. The average molecular weight is 161 g/mol. The van der Waals surface area contributed by atoms with Crippen LogP contribution in [-0.4, -0.2) is 26.6 Å². The summed E-state index contributed by atoms with van der Waals surface area (Å²) >= 11 is 0. The quantitative estimate of drug-likeness (QED) is 0.428. The van der Waals surface area contributed by atoms with Gasteiger partial charge in [-0.25, -0.2) is 0 Å².